The minimum Gasteiger partial charge on any atom is -0.384 e. The highest BCUT2D eigenvalue weighted by Gasteiger charge is 2.07. The maximum Gasteiger partial charge on any atom is 0.248 e. The summed E-state index contributed by atoms with van der Waals surface area (Å²) in [7, 11) is 0. The molecule has 0 saturated heterocycles. The van der Waals surface area contributed by atoms with E-state index in [1.54, 1.807) is 0 Å². The zero-order valence-corrected chi connectivity index (χ0v) is 10.4. The summed E-state index contributed by atoms with van der Waals surface area (Å²) in [6, 6.07) is 8.17. The van der Waals surface area contributed by atoms with Gasteiger partial charge in [-0.15, -0.1) is 0 Å². The number of fused-ring (bicyclic) bond motifs is 1. The summed E-state index contributed by atoms with van der Waals surface area (Å²) in [5.74, 6) is -0.311. The summed E-state index contributed by atoms with van der Waals surface area (Å²) in [6.45, 7) is 2.05. The molecule has 1 atom stereocenters. The van der Waals surface area contributed by atoms with Crippen molar-refractivity contribution in [3.63, 3.8) is 0 Å². The predicted molar refractivity (Wildman–Crippen MR) is 71.3 cm³/mol. The Morgan fingerprint density at radius 2 is 2.22 bits per heavy atom. The van der Waals surface area contributed by atoms with Gasteiger partial charge in [0.05, 0.1) is 0 Å². The third kappa shape index (κ3) is 2.90. The number of aryl methyl sites for hydroxylation is 1. The van der Waals surface area contributed by atoms with E-state index >= 15 is 0 Å². The molecule has 4 nitrogen and oxygen atoms in total. The van der Waals surface area contributed by atoms with Crippen LogP contribution in [0.25, 0.3) is 10.9 Å². The first-order valence-corrected chi connectivity index (χ1v) is 6.19. The van der Waals surface area contributed by atoms with Gasteiger partial charge in [0.15, 0.2) is 0 Å². The number of carbonyl (C=O) groups excluding carboxylic acids is 1. The van der Waals surface area contributed by atoms with E-state index in [2.05, 4.69) is 16.4 Å². The number of nitrogens with one attached hydrogen (secondary N) is 2. The van der Waals surface area contributed by atoms with Crippen LogP contribution in [0.2, 0.25) is 0 Å². The molecule has 0 aliphatic heterocycles. The molecule has 18 heavy (non-hydrogen) atoms. The van der Waals surface area contributed by atoms with E-state index in [0.717, 1.165) is 18.4 Å². The van der Waals surface area contributed by atoms with Crippen molar-refractivity contribution < 1.29 is 9.90 Å². The van der Waals surface area contributed by atoms with Crippen LogP contribution in [0.5, 0.6) is 0 Å². The van der Waals surface area contributed by atoms with Crippen molar-refractivity contribution in [2.75, 3.05) is 6.54 Å². The first-order chi connectivity index (χ1) is 8.68. The lowest BCUT2D eigenvalue weighted by Crippen LogP contribution is -2.33. The standard InChI is InChI=1S/C14H18N2O2/c1-10(17)14(18)15-8-4-5-11-9-16-13-7-3-2-6-12(11)13/h2-3,6-7,9-10,16-17H,4-5,8H2,1H3,(H,15,18). The number of para-hydroxylation sites is 1. The van der Waals surface area contributed by atoms with E-state index in [9.17, 15) is 4.79 Å². The van der Waals surface area contributed by atoms with Gasteiger partial charge in [0.25, 0.3) is 0 Å². The Morgan fingerprint density at radius 1 is 1.44 bits per heavy atom. The van der Waals surface area contributed by atoms with Gasteiger partial charge in [-0.1, -0.05) is 18.2 Å². The largest absolute Gasteiger partial charge is 0.384 e. The molecule has 2 rings (SSSR count). The highest BCUT2D eigenvalue weighted by atomic mass is 16.3. The minimum absolute atomic E-state index is 0.311. The van der Waals surface area contributed by atoms with Gasteiger partial charge >= 0.3 is 0 Å². The molecule has 0 aliphatic rings. The van der Waals surface area contributed by atoms with Crippen molar-refractivity contribution in [1.29, 1.82) is 0 Å². The highest BCUT2D eigenvalue weighted by molar-refractivity contribution is 5.83. The number of aliphatic hydroxyl groups is 1. The topological polar surface area (TPSA) is 65.1 Å². The Bertz CT molecular complexity index is 531. The van der Waals surface area contributed by atoms with Crippen molar-refractivity contribution in [2.45, 2.75) is 25.9 Å². The van der Waals surface area contributed by atoms with E-state index in [0.29, 0.717) is 6.54 Å². The number of benzene rings is 1. The Labute approximate surface area is 106 Å². The highest BCUT2D eigenvalue weighted by Crippen LogP contribution is 2.18. The number of hydrogen-bond donors (Lipinski definition) is 3. The third-order valence-corrected chi connectivity index (χ3v) is 2.98. The van der Waals surface area contributed by atoms with Crippen molar-refractivity contribution in [3.8, 4) is 0 Å². The average Bonchev–Trinajstić information content (AvgIpc) is 2.77. The fourth-order valence-corrected chi connectivity index (χ4v) is 1.98. The van der Waals surface area contributed by atoms with Crippen LogP contribution in [0.3, 0.4) is 0 Å². The first kappa shape index (κ1) is 12.6. The SMILES string of the molecule is CC(O)C(=O)NCCCc1c[nH]c2ccccc12. The van der Waals surface area contributed by atoms with Crippen LogP contribution in [-0.4, -0.2) is 28.6 Å². The van der Waals surface area contributed by atoms with Crippen LogP contribution < -0.4 is 5.32 Å². The van der Waals surface area contributed by atoms with Crippen LogP contribution >= 0.6 is 0 Å². The number of aromatic nitrogens is 1. The van der Waals surface area contributed by atoms with E-state index in [-0.39, 0.29) is 5.91 Å². The smallest absolute Gasteiger partial charge is 0.248 e. The molecule has 1 unspecified atom stereocenters. The molecule has 0 saturated carbocycles. The van der Waals surface area contributed by atoms with E-state index in [1.807, 2.05) is 24.4 Å². The van der Waals surface area contributed by atoms with Gasteiger partial charge in [-0.2, -0.15) is 0 Å². The summed E-state index contributed by atoms with van der Waals surface area (Å²) < 4.78 is 0. The molecule has 0 spiro atoms. The quantitative estimate of drug-likeness (QED) is 0.702. The fraction of sp³-hybridized carbons (Fsp3) is 0.357. The predicted octanol–water partition coefficient (Wildman–Crippen LogP) is 1.60. The van der Waals surface area contributed by atoms with Gasteiger partial charge in [-0.05, 0) is 31.4 Å². The van der Waals surface area contributed by atoms with E-state index in [4.69, 9.17) is 5.11 Å². The Kier molecular flexibility index (Phi) is 3.99. The molecule has 1 aromatic carbocycles. The molecule has 1 aromatic heterocycles. The van der Waals surface area contributed by atoms with Crippen molar-refractivity contribution in [2.24, 2.45) is 0 Å². The van der Waals surface area contributed by atoms with Crippen molar-refractivity contribution >= 4 is 16.8 Å². The maximum absolute atomic E-state index is 11.1. The second-order valence-corrected chi connectivity index (χ2v) is 4.43. The summed E-state index contributed by atoms with van der Waals surface area (Å²) in [5, 5.41) is 13.0. The summed E-state index contributed by atoms with van der Waals surface area (Å²) in [6.07, 6.45) is 2.85. The van der Waals surface area contributed by atoms with Gasteiger partial charge in [0.1, 0.15) is 6.10 Å². The summed E-state index contributed by atoms with van der Waals surface area (Å²) >= 11 is 0. The monoisotopic (exact) mass is 246 g/mol. The van der Waals surface area contributed by atoms with Gasteiger partial charge in [0.2, 0.25) is 5.91 Å². The second kappa shape index (κ2) is 5.69. The molecule has 1 amide bonds. The molecule has 1 heterocycles. The average molecular weight is 246 g/mol. The first-order valence-electron chi connectivity index (χ1n) is 6.19. The van der Waals surface area contributed by atoms with Gasteiger partial charge in [0, 0.05) is 23.6 Å². The van der Waals surface area contributed by atoms with Crippen LogP contribution in [0.4, 0.5) is 0 Å². The van der Waals surface area contributed by atoms with Gasteiger partial charge < -0.3 is 15.4 Å². The lowest BCUT2D eigenvalue weighted by atomic mass is 10.1. The zero-order chi connectivity index (χ0) is 13.0. The second-order valence-electron chi connectivity index (χ2n) is 4.43. The van der Waals surface area contributed by atoms with Crippen LogP contribution in [0, 0.1) is 0 Å². The lowest BCUT2D eigenvalue weighted by Gasteiger charge is -2.06. The molecule has 0 aliphatic carbocycles. The van der Waals surface area contributed by atoms with Crippen LogP contribution in [-0.2, 0) is 11.2 Å². The molecule has 0 fully saturated rings. The van der Waals surface area contributed by atoms with Crippen LogP contribution in [0.15, 0.2) is 30.5 Å². The van der Waals surface area contributed by atoms with Gasteiger partial charge in [-0.3, -0.25) is 4.79 Å². The van der Waals surface area contributed by atoms with Crippen molar-refractivity contribution in [1.82, 2.24) is 10.3 Å². The normalized spacial score (nSPS) is 12.6. The van der Waals surface area contributed by atoms with Crippen LogP contribution in [0.1, 0.15) is 18.9 Å². The number of hydrogen-bond acceptors (Lipinski definition) is 2. The molecule has 0 radical (unpaired) electrons. The van der Waals surface area contributed by atoms with E-state index < -0.39 is 6.10 Å². The summed E-state index contributed by atoms with van der Waals surface area (Å²) in [5.41, 5.74) is 2.40. The maximum atomic E-state index is 11.1. The molecule has 2 aromatic rings. The molecular formula is C14H18N2O2. The third-order valence-electron chi connectivity index (χ3n) is 2.98. The van der Waals surface area contributed by atoms with E-state index in [1.165, 1.54) is 17.9 Å². The number of rotatable bonds is 5. The number of amides is 1. The number of aliphatic hydroxyl groups excluding tert-OH is 1. The van der Waals surface area contributed by atoms with Crippen molar-refractivity contribution in [3.05, 3.63) is 36.0 Å². The molecule has 4 heteroatoms. The fourth-order valence-electron chi connectivity index (χ4n) is 1.98. The summed E-state index contributed by atoms with van der Waals surface area (Å²) in [4.78, 5) is 14.4. The molecule has 96 valence electrons. The molecule has 0 bridgehead atoms. The lowest BCUT2D eigenvalue weighted by molar-refractivity contribution is -0.128. The Balaban J connectivity index is 1.85. The van der Waals surface area contributed by atoms with Gasteiger partial charge in [-0.25, -0.2) is 0 Å². The zero-order valence-electron chi connectivity index (χ0n) is 10.4. The Morgan fingerprint density at radius 3 is 3.00 bits per heavy atom. The minimum atomic E-state index is -0.932. The molecular weight excluding hydrogens is 228 g/mol. The Hall–Kier alpha value is -1.81. The number of aromatic amines is 1. The number of carbonyl (C=O) groups is 1. The molecule has 3 N–H and O–H groups in total. The number of H-pyrrole nitrogens is 1.